The molecule has 0 spiro atoms. The number of aromatic amines is 1. The van der Waals surface area contributed by atoms with Crippen molar-refractivity contribution >= 4 is 51.1 Å². The standard InChI is InChI=1S/C14H10FIN4O2/c1-6-2-7(16)4-17-13(6)20-11-8(14(21)22)3-9-12(10(11)15)19-5-18-9/h2-5H,1H3,(H,17,20)(H,18,19)(H,21,22). The number of benzene rings is 1. The van der Waals surface area contributed by atoms with Gasteiger partial charge in [-0.2, -0.15) is 0 Å². The zero-order valence-electron chi connectivity index (χ0n) is 11.3. The number of nitrogens with one attached hydrogen (secondary N) is 2. The van der Waals surface area contributed by atoms with Crippen LogP contribution in [0.1, 0.15) is 15.9 Å². The molecule has 0 aliphatic carbocycles. The minimum Gasteiger partial charge on any atom is -0.478 e. The van der Waals surface area contributed by atoms with Gasteiger partial charge in [0.2, 0.25) is 0 Å². The Morgan fingerprint density at radius 1 is 1.41 bits per heavy atom. The first-order chi connectivity index (χ1) is 10.5. The van der Waals surface area contributed by atoms with Crippen LogP contribution in [0.4, 0.5) is 15.9 Å². The molecule has 1 aromatic carbocycles. The van der Waals surface area contributed by atoms with E-state index in [-0.39, 0.29) is 16.8 Å². The van der Waals surface area contributed by atoms with E-state index in [0.717, 1.165) is 9.13 Å². The number of imidazole rings is 1. The highest BCUT2D eigenvalue weighted by Crippen LogP contribution is 2.30. The summed E-state index contributed by atoms with van der Waals surface area (Å²) in [6, 6.07) is 3.21. The Morgan fingerprint density at radius 3 is 2.86 bits per heavy atom. The third kappa shape index (κ3) is 2.49. The Labute approximate surface area is 137 Å². The molecule has 0 fully saturated rings. The van der Waals surface area contributed by atoms with E-state index in [2.05, 4.69) is 42.9 Å². The first-order valence-corrected chi connectivity index (χ1v) is 7.33. The summed E-state index contributed by atoms with van der Waals surface area (Å²) in [6.45, 7) is 1.81. The lowest BCUT2D eigenvalue weighted by atomic mass is 10.1. The molecule has 6 nitrogen and oxygen atoms in total. The highest BCUT2D eigenvalue weighted by Gasteiger charge is 2.20. The maximum atomic E-state index is 14.6. The second-order valence-electron chi connectivity index (χ2n) is 4.66. The molecule has 0 aliphatic heterocycles. The molecule has 0 aliphatic rings. The lowest BCUT2D eigenvalue weighted by Crippen LogP contribution is -2.07. The van der Waals surface area contributed by atoms with Gasteiger partial charge < -0.3 is 15.4 Å². The Kier molecular flexibility index (Phi) is 3.69. The third-order valence-electron chi connectivity index (χ3n) is 3.17. The maximum Gasteiger partial charge on any atom is 0.338 e. The van der Waals surface area contributed by atoms with Crippen LogP contribution in [0.15, 0.2) is 24.7 Å². The van der Waals surface area contributed by atoms with Crippen molar-refractivity contribution in [3.63, 3.8) is 0 Å². The Bertz CT molecular complexity index is 894. The summed E-state index contributed by atoms with van der Waals surface area (Å²) in [5.74, 6) is -1.56. The summed E-state index contributed by atoms with van der Waals surface area (Å²) in [5, 5.41) is 12.1. The molecule has 22 heavy (non-hydrogen) atoms. The van der Waals surface area contributed by atoms with Crippen molar-refractivity contribution in [2.24, 2.45) is 0 Å². The molecule has 0 atom stereocenters. The molecule has 0 radical (unpaired) electrons. The van der Waals surface area contributed by atoms with Crippen LogP contribution in [0.3, 0.4) is 0 Å². The minimum absolute atomic E-state index is 0.0793. The number of carboxylic acid groups (broad SMARTS) is 1. The summed E-state index contributed by atoms with van der Waals surface area (Å²) in [5.41, 5.74) is 0.853. The van der Waals surface area contributed by atoms with Gasteiger partial charge in [0.05, 0.1) is 23.1 Å². The number of aromatic nitrogens is 3. The van der Waals surface area contributed by atoms with Crippen LogP contribution in [-0.4, -0.2) is 26.0 Å². The van der Waals surface area contributed by atoms with Crippen molar-refractivity contribution in [3.05, 3.63) is 45.2 Å². The fourth-order valence-corrected chi connectivity index (χ4v) is 2.73. The van der Waals surface area contributed by atoms with Gasteiger partial charge in [-0.05, 0) is 47.2 Å². The highest BCUT2D eigenvalue weighted by atomic mass is 127. The molecule has 3 aromatic rings. The number of carbonyl (C=O) groups is 1. The number of aromatic carboxylic acids is 1. The van der Waals surface area contributed by atoms with Gasteiger partial charge in [0, 0.05) is 9.77 Å². The minimum atomic E-state index is -1.24. The van der Waals surface area contributed by atoms with Gasteiger partial charge in [-0.25, -0.2) is 19.2 Å². The van der Waals surface area contributed by atoms with E-state index >= 15 is 0 Å². The fourth-order valence-electron chi connectivity index (χ4n) is 2.12. The molecule has 112 valence electrons. The molecule has 2 heterocycles. The van der Waals surface area contributed by atoms with Gasteiger partial charge in [0.15, 0.2) is 5.82 Å². The van der Waals surface area contributed by atoms with E-state index in [9.17, 15) is 14.3 Å². The summed E-state index contributed by atoms with van der Waals surface area (Å²) in [7, 11) is 0. The normalized spacial score (nSPS) is 10.9. The number of carboxylic acids is 1. The lowest BCUT2D eigenvalue weighted by molar-refractivity contribution is 0.0697. The Hall–Kier alpha value is -2.23. The van der Waals surface area contributed by atoms with Crippen molar-refractivity contribution in [2.45, 2.75) is 6.92 Å². The van der Waals surface area contributed by atoms with Crippen molar-refractivity contribution in [1.82, 2.24) is 15.0 Å². The number of halogens is 2. The number of pyridine rings is 1. The molecule has 0 saturated carbocycles. The van der Waals surface area contributed by atoms with Crippen LogP contribution in [0.5, 0.6) is 0 Å². The van der Waals surface area contributed by atoms with E-state index in [1.807, 2.05) is 13.0 Å². The summed E-state index contributed by atoms with van der Waals surface area (Å²) >= 11 is 2.12. The van der Waals surface area contributed by atoms with Crippen LogP contribution in [0, 0.1) is 16.3 Å². The summed E-state index contributed by atoms with van der Waals surface area (Å²) in [6.07, 6.45) is 2.93. The maximum absolute atomic E-state index is 14.6. The van der Waals surface area contributed by atoms with Gasteiger partial charge in [-0.15, -0.1) is 0 Å². The van der Waals surface area contributed by atoms with Crippen molar-refractivity contribution < 1.29 is 14.3 Å². The van der Waals surface area contributed by atoms with Gasteiger partial charge in [0.25, 0.3) is 0 Å². The monoisotopic (exact) mass is 412 g/mol. The van der Waals surface area contributed by atoms with Gasteiger partial charge >= 0.3 is 5.97 Å². The number of anilines is 2. The quantitative estimate of drug-likeness (QED) is 0.574. The molecule has 3 rings (SSSR count). The Morgan fingerprint density at radius 2 is 2.18 bits per heavy atom. The topological polar surface area (TPSA) is 90.9 Å². The molecular weight excluding hydrogens is 402 g/mol. The second-order valence-corrected chi connectivity index (χ2v) is 5.91. The van der Waals surface area contributed by atoms with Crippen molar-refractivity contribution in [3.8, 4) is 0 Å². The molecule has 3 N–H and O–H groups in total. The largest absolute Gasteiger partial charge is 0.478 e. The molecule has 0 bridgehead atoms. The third-order valence-corrected chi connectivity index (χ3v) is 3.76. The van der Waals surface area contributed by atoms with Gasteiger partial charge in [-0.3, -0.25) is 0 Å². The van der Waals surface area contributed by atoms with Crippen LogP contribution < -0.4 is 5.32 Å². The number of fused-ring (bicyclic) bond motifs is 1. The number of aryl methyl sites for hydroxylation is 1. The van der Waals surface area contributed by atoms with Gasteiger partial charge in [-0.1, -0.05) is 0 Å². The van der Waals surface area contributed by atoms with E-state index in [0.29, 0.717) is 11.3 Å². The smallest absolute Gasteiger partial charge is 0.338 e. The van der Waals surface area contributed by atoms with Gasteiger partial charge in [0.1, 0.15) is 11.3 Å². The molecule has 0 unspecified atom stereocenters. The first kappa shape index (κ1) is 14.7. The molecule has 0 amide bonds. The zero-order valence-corrected chi connectivity index (χ0v) is 13.5. The average molecular weight is 412 g/mol. The number of rotatable bonds is 3. The van der Waals surface area contributed by atoms with E-state index < -0.39 is 11.8 Å². The van der Waals surface area contributed by atoms with E-state index in [1.165, 1.54) is 12.4 Å². The van der Waals surface area contributed by atoms with E-state index in [1.54, 1.807) is 6.20 Å². The Balaban J connectivity index is 2.18. The summed E-state index contributed by atoms with van der Waals surface area (Å²) in [4.78, 5) is 22.2. The van der Waals surface area contributed by atoms with Crippen LogP contribution >= 0.6 is 22.6 Å². The second kappa shape index (κ2) is 5.52. The predicted molar refractivity (Wildman–Crippen MR) is 88.0 cm³/mol. The zero-order chi connectivity index (χ0) is 15.9. The summed E-state index contributed by atoms with van der Waals surface area (Å²) < 4.78 is 15.5. The SMILES string of the molecule is Cc1cc(I)cnc1Nc1c(C(=O)O)cc2[nH]cnc2c1F. The van der Waals surface area contributed by atoms with Crippen molar-refractivity contribution in [2.75, 3.05) is 5.32 Å². The first-order valence-electron chi connectivity index (χ1n) is 6.25. The van der Waals surface area contributed by atoms with Crippen LogP contribution in [0.2, 0.25) is 0 Å². The van der Waals surface area contributed by atoms with Crippen molar-refractivity contribution in [1.29, 1.82) is 0 Å². The molecule has 8 heteroatoms. The molecule has 2 aromatic heterocycles. The lowest BCUT2D eigenvalue weighted by Gasteiger charge is -2.12. The molecule has 0 saturated heterocycles. The molecular formula is C14H10FIN4O2. The number of hydrogen-bond donors (Lipinski definition) is 3. The van der Waals surface area contributed by atoms with Crippen LogP contribution in [0.25, 0.3) is 11.0 Å². The van der Waals surface area contributed by atoms with E-state index in [4.69, 9.17) is 0 Å². The number of hydrogen-bond acceptors (Lipinski definition) is 4. The average Bonchev–Trinajstić information content (AvgIpc) is 2.92. The number of nitrogens with zero attached hydrogens (tertiary/aromatic N) is 2. The highest BCUT2D eigenvalue weighted by molar-refractivity contribution is 14.1. The number of H-pyrrole nitrogens is 1. The van der Waals surface area contributed by atoms with Crippen LogP contribution in [-0.2, 0) is 0 Å². The fraction of sp³-hybridized carbons (Fsp3) is 0.0714. The predicted octanol–water partition coefficient (Wildman–Crippen LogP) is 3.45.